The number of halogens is 2. The molecule has 4 N–H and O–H groups in total. The van der Waals surface area contributed by atoms with E-state index in [1.807, 2.05) is 37.3 Å². The SMILES string of the molecule is CC(NC(N)=NCc1cccc(NC(=O)Cn2cccn2)c1)c1ccc(Cl)cc1Cl. The number of nitrogens with zero attached hydrogens (tertiary/aromatic N) is 3. The minimum atomic E-state index is -0.158. The van der Waals surface area contributed by atoms with Crippen molar-refractivity contribution in [3.8, 4) is 0 Å². The van der Waals surface area contributed by atoms with Crippen molar-refractivity contribution in [3.05, 3.63) is 82.1 Å². The van der Waals surface area contributed by atoms with Crippen LogP contribution < -0.4 is 16.4 Å². The summed E-state index contributed by atoms with van der Waals surface area (Å²) >= 11 is 12.2. The molecule has 0 radical (unpaired) electrons. The summed E-state index contributed by atoms with van der Waals surface area (Å²) in [6.07, 6.45) is 3.37. The van der Waals surface area contributed by atoms with Crippen molar-refractivity contribution in [1.29, 1.82) is 0 Å². The Morgan fingerprint density at radius 3 is 2.80 bits per heavy atom. The van der Waals surface area contributed by atoms with Crippen LogP contribution in [0.4, 0.5) is 5.69 Å². The van der Waals surface area contributed by atoms with Gasteiger partial charge >= 0.3 is 0 Å². The van der Waals surface area contributed by atoms with Gasteiger partial charge < -0.3 is 16.4 Å². The number of carbonyl (C=O) groups excluding carboxylic acids is 1. The van der Waals surface area contributed by atoms with E-state index in [2.05, 4.69) is 20.7 Å². The highest BCUT2D eigenvalue weighted by Gasteiger charge is 2.11. The predicted molar refractivity (Wildman–Crippen MR) is 121 cm³/mol. The van der Waals surface area contributed by atoms with Crippen molar-refractivity contribution < 1.29 is 4.79 Å². The molecule has 3 rings (SSSR count). The van der Waals surface area contributed by atoms with E-state index < -0.39 is 0 Å². The molecule has 0 saturated carbocycles. The zero-order valence-corrected chi connectivity index (χ0v) is 17.9. The molecule has 0 saturated heterocycles. The number of hydrogen-bond donors (Lipinski definition) is 3. The Morgan fingerprint density at radius 1 is 1.23 bits per heavy atom. The molecule has 0 aliphatic heterocycles. The number of carbonyl (C=O) groups is 1. The van der Waals surface area contributed by atoms with E-state index >= 15 is 0 Å². The summed E-state index contributed by atoms with van der Waals surface area (Å²) in [5.41, 5.74) is 8.50. The van der Waals surface area contributed by atoms with Gasteiger partial charge in [0, 0.05) is 28.1 Å². The highest BCUT2D eigenvalue weighted by Crippen LogP contribution is 2.25. The number of anilines is 1. The molecule has 0 aliphatic rings. The van der Waals surface area contributed by atoms with Gasteiger partial charge in [0.2, 0.25) is 5.91 Å². The van der Waals surface area contributed by atoms with Gasteiger partial charge in [0.25, 0.3) is 0 Å². The largest absolute Gasteiger partial charge is 0.370 e. The lowest BCUT2D eigenvalue weighted by Gasteiger charge is -2.16. The standard InChI is InChI=1S/C21H22Cl2N6O/c1-14(18-7-6-16(22)11-19(18)23)27-21(24)25-12-15-4-2-5-17(10-15)28-20(30)13-29-9-3-8-26-29/h2-11,14H,12-13H2,1H3,(H,28,30)(H3,24,25,27). The van der Waals surface area contributed by atoms with Crippen molar-refractivity contribution in [1.82, 2.24) is 15.1 Å². The smallest absolute Gasteiger partial charge is 0.246 e. The minimum absolute atomic E-state index is 0.133. The van der Waals surface area contributed by atoms with Crippen LogP contribution in [0.3, 0.4) is 0 Å². The van der Waals surface area contributed by atoms with Crippen LogP contribution in [0.15, 0.2) is 65.9 Å². The third kappa shape index (κ3) is 6.23. The molecule has 1 amide bonds. The first-order chi connectivity index (χ1) is 14.4. The maximum atomic E-state index is 12.1. The molecule has 9 heteroatoms. The number of nitrogens with one attached hydrogen (secondary N) is 2. The summed E-state index contributed by atoms with van der Waals surface area (Å²) in [5.74, 6) is 0.135. The lowest BCUT2D eigenvalue weighted by molar-refractivity contribution is -0.116. The molecule has 1 unspecified atom stereocenters. The molecule has 30 heavy (non-hydrogen) atoms. The van der Waals surface area contributed by atoms with Gasteiger partial charge in [-0.2, -0.15) is 5.10 Å². The molecule has 0 bridgehead atoms. The lowest BCUT2D eigenvalue weighted by atomic mass is 10.1. The van der Waals surface area contributed by atoms with Crippen molar-refractivity contribution in [2.24, 2.45) is 10.7 Å². The lowest BCUT2D eigenvalue weighted by Crippen LogP contribution is -2.34. The minimum Gasteiger partial charge on any atom is -0.370 e. The zero-order chi connectivity index (χ0) is 21.5. The number of rotatable bonds is 7. The number of hydrogen-bond acceptors (Lipinski definition) is 3. The maximum Gasteiger partial charge on any atom is 0.246 e. The Labute approximate surface area is 184 Å². The van der Waals surface area contributed by atoms with Crippen LogP contribution in [0.5, 0.6) is 0 Å². The molecule has 7 nitrogen and oxygen atoms in total. The van der Waals surface area contributed by atoms with Crippen molar-refractivity contribution in [2.75, 3.05) is 5.32 Å². The van der Waals surface area contributed by atoms with Crippen molar-refractivity contribution >= 4 is 40.8 Å². The van der Waals surface area contributed by atoms with E-state index in [4.69, 9.17) is 28.9 Å². The Morgan fingerprint density at radius 2 is 2.07 bits per heavy atom. The van der Waals surface area contributed by atoms with Crippen LogP contribution in [-0.4, -0.2) is 21.6 Å². The molecule has 2 aromatic carbocycles. The highest BCUT2D eigenvalue weighted by atomic mass is 35.5. The number of guanidine groups is 1. The summed E-state index contributed by atoms with van der Waals surface area (Å²) < 4.78 is 1.56. The van der Waals surface area contributed by atoms with Gasteiger partial charge in [-0.05, 0) is 48.4 Å². The Hall–Kier alpha value is -3.03. The fraction of sp³-hybridized carbons (Fsp3) is 0.190. The van der Waals surface area contributed by atoms with Gasteiger partial charge in [-0.15, -0.1) is 0 Å². The summed E-state index contributed by atoms with van der Waals surface area (Å²) in [6.45, 7) is 2.45. The second-order valence-electron chi connectivity index (χ2n) is 6.69. The molecule has 0 spiro atoms. The Balaban J connectivity index is 1.57. The number of aliphatic imine (C=N–C) groups is 1. The van der Waals surface area contributed by atoms with Gasteiger partial charge in [-0.3, -0.25) is 9.48 Å². The number of aromatic nitrogens is 2. The van der Waals surface area contributed by atoms with Gasteiger partial charge in [0.1, 0.15) is 6.54 Å². The highest BCUT2D eigenvalue weighted by molar-refractivity contribution is 6.35. The van der Waals surface area contributed by atoms with E-state index in [1.54, 1.807) is 35.3 Å². The predicted octanol–water partition coefficient (Wildman–Crippen LogP) is 3.99. The summed E-state index contributed by atoms with van der Waals surface area (Å²) in [7, 11) is 0. The Kier molecular flexibility index (Phi) is 7.32. The van der Waals surface area contributed by atoms with Crippen molar-refractivity contribution in [2.45, 2.75) is 26.1 Å². The summed E-state index contributed by atoms with van der Waals surface area (Å²) in [4.78, 5) is 16.5. The van der Waals surface area contributed by atoms with Crippen molar-refractivity contribution in [3.63, 3.8) is 0 Å². The molecule has 0 aliphatic carbocycles. The summed E-state index contributed by atoms with van der Waals surface area (Å²) in [6, 6.07) is 14.4. The zero-order valence-electron chi connectivity index (χ0n) is 16.3. The molecule has 0 fully saturated rings. The first-order valence-corrected chi connectivity index (χ1v) is 10.0. The van der Waals surface area contributed by atoms with E-state index in [0.717, 1.165) is 11.1 Å². The van der Waals surface area contributed by atoms with Crippen LogP contribution in [0.25, 0.3) is 0 Å². The summed E-state index contributed by atoms with van der Waals surface area (Å²) in [5, 5.41) is 11.1. The fourth-order valence-corrected chi connectivity index (χ4v) is 3.44. The van der Waals surface area contributed by atoms with E-state index in [1.165, 1.54) is 0 Å². The number of benzene rings is 2. The third-order valence-corrected chi connectivity index (χ3v) is 4.86. The van der Waals surface area contributed by atoms with Crippen LogP contribution in [0, 0.1) is 0 Å². The van der Waals surface area contributed by atoms with Gasteiger partial charge in [0.15, 0.2) is 5.96 Å². The average molecular weight is 445 g/mol. The van der Waals surface area contributed by atoms with Gasteiger partial charge in [-0.25, -0.2) is 4.99 Å². The van der Waals surface area contributed by atoms with Gasteiger partial charge in [0.05, 0.1) is 12.6 Å². The Bertz CT molecular complexity index is 1040. The quantitative estimate of drug-likeness (QED) is 0.378. The molecule has 1 aromatic heterocycles. The molecule has 1 heterocycles. The first kappa shape index (κ1) is 21.7. The van der Waals surface area contributed by atoms with E-state index in [-0.39, 0.29) is 18.5 Å². The van der Waals surface area contributed by atoms with Crippen LogP contribution in [-0.2, 0) is 17.9 Å². The van der Waals surface area contributed by atoms with E-state index in [0.29, 0.717) is 28.2 Å². The maximum absolute atomic E-state index is 12.1. The fourth-order valence-electron chi connectivity index (χ4n) is 2.86. The first-order valence-electron chi connectivity index (χ1n) is 9.28. The van der Waals surface area contributed by atoms with Crippen LogP contribution in [0.1, 0.15) is 24.1 Å². The van der Waals surface area contributed by atoms with Gasteiger partial charge in [-0.1, -0.05) is 41.4 Å². The van der Waals surface area contributed by atoms with Crippen LogP contribution in [0.2, 0.25) is 10.0 Å². The second kappa shape index (κ2) is 10.1. The monoisotopic (exact) mass is 444 g/mol. The van der Waals surface area contributed by atoms with E-state index in [9.17, 15) is 4.79 Å². The normalized spacial score (nSPS) is 12.4. The molecule has 156 valence electrons. The number of amides is 1. The number of nitrogens with two attached hydrogens (primary N) is 1. The average Bonchev–Trinajstić information content (AvgIpc) is 3.19. The van der Waals surface area contributed by atoms with Crippen LogP contribution >= 0.6 is 23.2 Å². The third-order valence-electron chi connectivity index (χ3n) is 4.30. The molecular formula is C21H22Cl2N6O. The molecule has 3 aromatic rings. The molecule has 1 atom stereocenters. The molecular weight excluding hydrogens is 423 g/mol. The topological polar surface area (TPSA) is 97.3 Å². The second-order valence-corrected chi connectivity index (χ2v) is 7.53.